The molecule has 2 aliphatic heterocycles. The zero-order valence-corrected chi connectivity index (χ0v) is 15.1. The normalized spacial score (nSPS) is 18.3. The van der Waals surface area contributed by atoms with Crippen LogP contribution in [-0.4, -0.2) is 74.3 Å². The van der Waals surface area contributed by atoms with E-state index in [-0.39, 0.29) is 0 Å². The van der Waals surface area contributed by atoms with Gasteiger partial charge in [-0.15, -0.1) is 5.10 Å². The van der Waals surface area contributed by atoms with Gasteiger partial charge in [-0.05, 0) is 29.7 Å². The van der Waals surface area contributed by atoms with E-state index in [9.17, 15) is 0 Å². The Kier molecular flexibility index (Phi) is 4.15. The molecule has 0 aliphatic carbocycles. The van der Waals surface area contributed by atoms with E-state index in [1.54, 1.807) is 17.0 Å². The fraction of sp³-hybridized carbons (Fsp3) is 0.529. The molecule has 0 saturated carbocycles. The van der Waals surface area contributed by atoms with Crippen LogP contribution < -0.4 is 14.7 Å². The van der Waals surface area contributed by atoms with E-state index in [1.807, 2.05) is 6.20 Å². The number of piperazine rings is 1. The van der Waals surface area contributed by atoms with Crippen LogP contribution in [0.2, 0.25) is 0 Å². The minimum atomic E-state index is 0.664. The highest BCUT2D eigenvalue weighted by Crippen LogP contribution is 2.23. The van der Waals surface area contributed by atoms with Crippen molar-refractivity contribution in [1.82, 2.24) is 35.0 Å². The number of hydrogen-bond donors (Lipinski definition) is 0. The summed E-state index contributed by atoms with van der Waals surface area (Å²) in [5.41, 5.74) is 0.664. The van der Waals surface area contributed by atoms with Crippen LogP contribution in [0.1, 0.15) is 19.3 Å². The molecule has 0 spiro atoms. The van der Waals surface area contributed by atoms with Crippen LogP contribution in [0.25, 0.3) is 5.65 Å². The summed E-state index contributed by atoms with van der Waals surface area (Å²) < 4.78 is 1.74. The Morgan fingerprint density at radius 2 is 1.44 bits per heavy atom. The van der Waals surface area contributed by atoms with E-state index in [0.717, 1.165) is 56.7 Å². The predicted octanol–water partition coefficient (Wildman–Crippen LogP) is 0.626. The Balaban J connectivity index is 1.30. The Morgan fingerprint density at radius 3 is 2.22 bits per heavy atom. The maximum absolute atomic E-state index is 4.52. The number of piperidine rings is 1. The number of anilines is 3. The minimum Gasteiger partial charge on any atom is -0.356 e. The second kappa shape index (κ2) is 6.93. The Bertz CT molecular complexity index is 911. The van der Waals surface area contributed by atoms with Gasteiger partial charge in [-0.25, -0.2) is 9.97 Å². The third kappa shape index (κ3) is 3.11. The average Bonchev–Trinajstić information content (AvgIpc) is 3.24. The van der Waals surface area contributed by atoms with Crippen LogP contribution in [0.15, 0.2) is 24.8 Å². The lowest BCUT2D eigenvalue weighted by atomic mass is 10.1. The lowest BCUT2D eigenvalue weighted by Gasteiger charge is -2.36. The molecule has 2 fully saturated rings. The molecule has 3 aromatic rings. The highest BCUT2D eigenvalue weighted by Gasteiger charge is 2.22. The van der Waals surface area contributed by atoms with Gasteiger partial charge in [0.15, 0.2) is 11.5 Å². The van der Waals surface area contributed by atoms with Crippen molar-refractivity contribution in [2.45, 2.75) is 19.3 Å². The van der Waals surface area contributed by atoms with Gasteiger partial charge >= 0.3 is 0 Å². The molecule has 0 N–H and O–H groups in total. The molecule has 2 aliphatic rings. The summed E-state index contributed by atoms with van der Waals surface area (Å²) in [5.74, 6) is 2.97. The molecule has 5 heterocycles. The quantitative estimate of drug-likeness (QED) is 0.661. The summed E-state index contributed by atoms with van der Waals surface area (Å²) in [6.45, 7) is 5.68. The van der Waals surface area contributed by atoms with Crippen LogP contribution in [0.3, 0.4) is 0 Å². The first-order chi connectivity index (χ1) is 13.4. The SMILES string of the molecule is c1nc(N2CCCCC2)cc(N2CCN(c3cncc4nnnn34)CC2)n1. The number of hydrogen-bond acceptors (Lipinski definition) is 9. The van der Waals surface area contributed by atoms with Crippen molar-refractivity contribution >= 4 is 23.1 Å². The van der Waals surface area contributed by atoms with Gasteiger partial charge in [0.25, 0.3) is 0 Å². The van der Waals surface area contributed by atoms with E-state index in [1.165, 1.54) is 19.3 Å². The van der Waals surface area contributed by atoms with Crippen molar-refractivity contribution < 1.29 is 0 Å². The number of rotatable bonds is 3. The van der Waals surface area contributed by atoms with Crippen LogP contribution in [0.4, 0.5) is 17.5 Å². The molecule has 0 bridgehead atoms. The second-order valence-corrected chi connectivity index (χ2v) is 6.97. The zero-order chi connectivity index (χ0) is 18.1. The van der Waals surface area contributed by atoms with Gasteiger partial charge in [0, 0.05) is 45.3 Å². The largest absolute Gasteiger partial charge is 0.356 e. The molecule has 0 radical (unpaired) electrons. The number of tetrazole rings is 1. The van der Waals surface area contributed by atoms with Crippen molar-refractivity contribution in [1.29, 1.82) is 0 Å². The van der Waals surface area contributed by atoms with E-state index >= 15 is 0 Å². The second-order valence-electron chi connectivity index (χ2n) is 6.97. The molecule has 0 aromatic carbocycles. The van der Waals surface area contributed by atoms with Crippen LogP contribution >= 0.6 is 0 Å². The summed E-state index contributed by atoms with van der Waals surface area (Å²) in [5, 5.41) is 11.8. The zero-order valence-electron chi connectivity index (χ0n) is 15.1. The topological polar surface area (TPSA) is 91.5 Å². The molecule has 2 saturated heterocycles. The van der Waals surface area contributed by atoms with Crippen molar-refractivity contribution in [3.05, 3.63) is 24.8 Å². The molecule has 10 heteroatoms. The third-order valence-corrected chi connectivity index (χ3v) is 5.34. The number of nitrogens with zero attached hydrogens (tertiary/aromatic N) is 10. The summed E-state index contributed by atoms with van der Waals surface area (Å²) in [6, 6.07) is 2.13. The van der Waals surface area contributed by atoms with Gasteiger partial charge < -0.3 is 14.7 Å². The molecule has 3 aromatic heterocycles. The van der Waals surface area contributed by atoms with Gasteiger partial charge in [0.1, 0.15) is 18.0 Å². The first kappa shape index (κ1) is 16.2. The highest BCUT2D eigenvalue weighted by atomic mass is 15.5. The molecule has 0 amide bonds. The predicted molar refractivity (Wildman–Crippen MR) is 101 cm³/mol. The molecular weight excluding hydrogens is 344 g/mol. The standard InChI is InChI=1S/C17H22N10/c1-2-4-24(5-3-1)14-10-15(20-13-19-14)25-6-8-26(9-7-25)17-12-18-11-16-21-22-23-27(16)17/h10-13H,1-9H2. The summed E-state index contributed by atoms with van der Waals surface area (Å²) in [4.78, 5) is 20.2. The number of aromatic nitrogens is 7. The van der Waals surface area contributed by atoms with Gasteiger partial charge in [-0.2, -0.15) is 4.52 Å². The average molecular weight is 366 g/mol. The van der Waals surface area contributed by atoms with Crippen molar-refractivity contribution in [2.75, 3.05) is 54.0 Å². The first-order valence-electron chi connectivity index (χ1n) is 9.47. The fourth-order valence-electron chi connectivity index (χ4n) is 3.85. The van der Waals surface area contributed by atoms with Crippen molar-refractivity contribution in [2.24, 2.45) is 0 Å². The maximum Gasteiger partial charge on any atom is 0.199 e. The van der Waals surface area contributed by atoms with E-state index in [2.05, 4.69) is 51.2 Å². The third-order valence-electron chi connectivity index (χ3n) is 5.34. The summed E-state index contributed by atoms with van der Waals surface area (Å²) in [7, 11) is 0. The Hall–Kier alpha value is -3.04. The van der Waals surface area contributed by atoms with Gasteiger partial charge in [-0.1, -0.05) is 0 Å². The van der Waals surface area contributed by atoms with Crippen LogP contribution in [-0.2, 0) is 0 Å². The smallest absolute Gasteiger partial charge is 0.199 e. The number of fused-ring (bicyclic) bond motifs is 1. The highest BCUT2D eigenvalue weighted by molar-refractivity contribution is 5.52. The van der Waals surface area contributed by atoms with E-state index < -0.39 is 0 Å². The molecular formula is C17H22N10. The maximum atomic E-state index is 4.52. The van der Waals surface area contributed by atoms with Gasteiger partial charge in [0.05, 0.1) is 12.4 Å². The minimum absolute atomic E-state index is 0.664. The van der Waals surface area contributed by atoms with Crippen LogP contribution in [0.5, 0.6) is 0 Å². The van der Waals surface area contributed by atoms with Crippen molar-refractivity contribution in [3.63, 3.8) is 0 Å². The summed E-state index contributed by atoms with van der Waals surface area (Å²) >= 11 is 0. The molecule has 140 valence electrons. The summed E-state index contributed by atoms with van der Waals surface area (Å²) in [6.07, 6.45) is 8.99. The fourth-order valence-corrected chi connectivity index (χ4v) is 3.85. The first-order valence-corrected chi connectivity index (χ1v) is 9.47. The monoisotopic (exact) mass is 366 g/mol. The van der Waals surface area contributed by atoms with Gasteiger partial charge in [-0.3, -0.25) is 4.98 Å². The van der Waals surface area contributed by atoms with E-state index in [4.69, 9.17) is 0 Å². The molecule has 5 rings (SSSR count). The Labute approximate surface area is 156 Å². The molecule has 0 unspecified atom stereocenters. The molecule has 0 atom stereocenters. The van der Waals surface area contributed by atoms with Crippen molar-refractivity contribution in [3.8, 4) is 0 Å². The lowest BCUT2D eigenvalue weighted by molar-refractivity contribution is 0.572. The van der Waals surface area contributed by atoms with Crippen LogP contribution in [0, 0.1) is 0 Å². The van der Waals surface area contributed by atoms with Gasteiger partial charge in [0.2, 0.25) is 0 Å². The molecule has 27 heavy (non-hydrogen) atoms. The molecule has 10 nitrogen and oxygen atoms in total. The Morgan fingerprint density at radius 1 is 0.741 bits per heavy atom. The van der Waals surface area contributed by atoms with E-state index in [0.29, 0.717) is 5.65 Å². The lowest BCUT2D eigenvalue weighted by Crippen LogP contribution is -2.47.